The molecule has 2 amide bonds. The standard InChI is InChI=1S/C34H37N3O4S2/c1-25-10-14-28(15-11-25)23-36(32(34(39)35-3)22-27-8-6-5-7-9-27)33(38)24-37(29-16-12-26(2)13-17-29)43(40,41)31-20-18-30(42-4)19-21-31/h5-21,32H,22-24H2,1-4H3,(H,35,39)/t32-/m0/s1. The largest absolute Gasteiger partial charge is 0.357 e. The van der Waals surface area contributed by atoms with Gasteiger partial charge in [0.25, 0.3) is 10.0 Å². The lowest BCUT2D eigenvalue weighted by Crippen LogP contribution is -2.53. The van der Waals surface area contributed by atoms with Crippen molar-refractivity contribution in [3.8, 4) is 0 Å². The Kier molecular flexibility index (Phi) is 10.7. The van der Waals surface area contributed by atoms with Crippen molar-refractivity contribution in [1.29, 1.82) is 0 Å². The predicted molar refractivity (Wildman–Crippen MR) is 174 cm³/mol. The van der Waals surface area contributed by atoms with Crippen LogP contribution >= 0.6 is 11.8 Å². The third-order valence-corrected chi connectivity index (χ3v) is 9.77. The summed E-state index contributed by atoms with van der Waals surface area (Å²) in [6.07, 6.45) is 2.19. The van der Waals surface area contributed by atoms with E-state index in [1.807, 2.05) is 86.8 Å². The van der Waals surface area contributed by atoms with Gasteiger partial charge >= 0.3 is 0 Å². The summed E-state index contributed by atoms with van der Waals surface area (Å²) in [7, 11) is -2.60. The second-order valence-corrected chi connectivity index (χ2v) is 13.1. The predicted octanol–water partition coefficient (Wildman–Crippen LogP) is 5.61. The number of nitrogens with one attached hydrogen (secondary N) is 1. The average Bonchev–Trinajstić information content (AvgIpc) is 3.03. The van der Waals surface area contributed by atoms with Crippen molar-refractivity contribution < 1.29 is 18.0 Å². The number of sulfonamides is 1. The van der Waals surface area contributed by atoms with Crippen LogP contribution in [0.25, 0.3) is 0 Å². The molecule has 9 heteroatoms. The Morgan fingerprint density at radius 1 is 0.791 bits per heavy atom. The quantitative estimate of drug-likeness (QED) is 0.210. The maximum atomic E-state index is 14.3. The van der Waals surface area contributed by atoms with Crippen LogP contribution in [0.15, 0.2) is 113 Å². The van der Waals surface area contributed by atoms with E-state index in [4.69, 9.17) is 0 Å². The Morgan fingerprint density at radius 3 is 1.93 bits per heavy atom. The summed E-state index contributed by atoms with van der Waals surface area (Å²) in [6.45, 7) is 3.54. The van der Waals surface area contributed by atoms with E-state index in [1.54, 1.807) is 36.4 Å². The van der Waals surface area contributed by atoms with E-state index in [9.17, 15) is 18.0 Å². The highest BCUT2D eigenvalue weighted by Gasteiger charge is 2.34. The van der Waals surface area contributed by atoms with E-state index in [0.29, 0.717) is 5.69 Å². The van der Waals surface area contributed by atoms with Crippen LogP contribution in [0.5, 0.6) is 0 Å². The summed E-state index contributed by atoms with van der Waals surface area (Å²) in [5.74, 6) is -0.822. The fourth-order valence-corrected chi connectivity index (χ4v) is 6.55. The average molecular weight is 616 g/mol. The molecule has 0 saturated heterocycles. The van der Waals surface area contributed by atoms with Crippen molar-refractivity contribution in [3.63, 3.8) is 0 Å². The molecule has 0 aliphatic carbocycles. The summed E-state index contributed by atoms with van der Waals surface area (Å²) in [6, 6.07) is 30.0. The Bertz CT molecular complexity index is 1620. The number of aryl methyl sites for hydroxylation is 2. The van der Waals surface area contributed by atoms with Crippen molar-refractivity contribution >= 4 is 39.3 Å². The van der Waals surface area contributed by atoms with Gasteiger partial charge in [-0.15, -0.1) is 11.8 Å². The molecule has 224 valence electrons. The van der Waals surface area contributed by atoms with Crippen LogP contribution in [-0.4, -0.2) is 51.0 Å². The molecule has 0 fully saturated rings. The number of hydrogen-bond acceptors (Lipinski definition) is 5. The maximum absolute atomic E-state index is 14.3. The van der Waals surface area contributed by atoms with Crippen molar-refractivity contribution in [3.05, 3.63) is 125 Å². The van der Waals surface area contributed by atoms with E-state index in [0.717, 1.165) is 31.5 Å². The lowest BCUT2D eigenvalue weighted by molar-refractivity contribution is -0.139. The molecule has 0 spiro atoms. The molecular weight excluding hydrogens is 579 g/mol. The number of carbonyl (C=O) groups is 2. The molecular formula is C34H37N3O4S2. The number of amides is 2. The second kappa shape index (κ2) is 14.4. The highest BCUT2D eigenvalue weighted by atomic mass is 32.2. The molecule has 43 heavy (non-hydrogen) atoms. The number of thioether (sulfide) groups is 1. The molecule has 0 aromatic heterocycles. The number of carbonyl (C=O) groups excluding carboxylic acids is 2. The smallest absolute Gasteiger partial charge is 0.264 e. The van der Waals surface area contributed by atoms with Gasteiger partial charge in [-0.3, -0.25) is 13.9 Å². The molecule has 1 atom stereocenters. The SMILES string of the molecule is CNC(=O)[C@H](Cc1ccccc1)N(Cc1ccc(C)cc1)C(=O)CN(c1ccc(C)cc1)S(=O)(=O)c1ccc(SC)cc1. The topological polar surface area (TPSA) is 86.8 Å². The summed E-state index contributed by atoms with van der Waals surface area (Å²) in [4.78, 5) is 30.2. The lowest BCUT2D eigenvalue weighted by atomic mass is 10.0. The summed E-state index contributed by atoms with van der Waals surface area (Å²) < 4.78 is 29.3. The normalized spacial score (nSPS) is 11.9. The summed E-state index contributed by atoms with van der Waals surface area (Å²) in [5, 5.41) is 2.71. The zero-order valence-electron chi connectivity index (χ0n) is 24.9. The lowest BCUT2D eigenvalue weighted by Gasteiger charge is -2.33. The molecule has 0 heterocycles. The summed E-state index contributed by atoms with van der Waals surface area (Å²) >= 11 is 1.51. The first-order valence-electron chi connectivity index (χ1n) is 14.0. The van der Waals surface area contributed by atoms with E-state index in [-0.39, 0.29) is 23.8 Å². The van der Waals surface area contributed by atoms with Gasteiger partial charge in [0.15, 0.2) is 0 Å². The molecule has 4 aromatic rings. The minimum absolute atomic E-state index is 0.0795. The number of likely N-dealkylation sites (N-methyl/N-ethyl adjacent to an activating group) is 1. The first kappa shape index (κ1) is 31.8. The summed E-state index contributed by atoms with van der Waals surface area (Å²) in [5.41, 5.74) is 4.11. The van der Waals surface area contributed by atoms with Gasteiger partial charge in [-0.1, -0.05) is 77.9 Å². The molecule has 0 aliphatic rings. The Morgan fingerprint density at radius 2 is 1.37 bits per heavy atom. The van der Waals surface area contributed by atoms with Crippen LogP contribution in [-0.2, 0) is 32.6 Å². The number of hydrogen-bond donors (Lipinski definition) is 1. The number of rotatable bonds is 12. The molecule has 4 rings (SSSR count). The molecule has 0 bridgehead atoms. The van der Waals surface area contributed by atoms with E-state index in [1.165, 1.54) is 23.7 Å². The minimum atomic E-state index is -4.13. The minimum Gasteiger partial charge on any atom is -0.357 e. The zero-order chi connectivity index (χ0) is 31.0. The van der Waals surface area contributed by atoms with Crippen LogP contribution in [0.4, 0.5) is 5.69 Å². The third-order valence-electron chi connectivity index (χ3n) is 7.24. The molecule has 4 aromatic carbocycles. The Labute approximate surface area is 259 Å². The fraction of sp³-hybridized carbons (Fsp3) is 0.235. The number of anilines is 1. The van der Waals surface area contributed by atoms with Gasteiger partial charge in [0, 0.05) is 24.9 Å². The van der Waals surface area contributed by atoms with Crippen molar-refractivity contribution in [2.45, 2.75) is 42.6 Å². The highest BCUT2D eigenvalue weighted by molar-refractivity contribution is 7.98. The van der Waals surface area contributed by atoms with Crippen molar-refractivity contribution in [1.82, 2.24) is 10.2 Å². The van der Waals surface area contributed by atoms with Gasteiger partial charge in [-0.05, 0) is 67.6 Å². The van der Waals surface area contributed by atoms with Crippen LogP contribution in [0, 0.1) is 13.8 Å². The Hall–Kier alpha value is -4.08. The number of benzene rings is 4. The number of nitrogens with zero attached hydrogens (tertiary/aromatic N) is 2. The van der Waals surface area contributed by atoms with Crippen LogP contribution in [0.3, 0.4) is 0 Å². The second-order valence-electron chi connectivity index (χ2n) is 10.3. The molecule has 0 saturated carbocycles. The van der Waals surface area contributed by atoms with Crippen LogP contribution < -0.4 is 9.62 Å². The fourth-order valence-electron chi connectivity index (χ4n) is 4.73. The third kappa shape index (κ3) is 8.06. The van der Waals surface area contributed by atoms with Gasteiger partial charge in [-0.25, -0.2) is 8.42 Å². The van der Waals surface area contributed by atoms with Gasteiger partial charge in [-0.2, -0.15) is 0 Å². The van der Waals surface area contributed by atoms with E-state index < -0.39 is 28.5 Å². The molecule has 7 nitrogen and oxygen atoms in total. The maximum Gasteiger partial charge on any atom is 0.264 e. The monoisotopic (exact) mass is 615 g/mol. The van der Waals surface area contributed by atoms with Gasteiger partial charge in [0.1, 0.15) is 12.6 Å². The first-order valence-corrected chi connectivity index (χ1v) is 16.6. The zero-order valence-corrected chi connectivity index (χ0v) is 26.5. The van der Waals surface area contributed by atoms with Gasteiger partial charge < -0.3 is 10.2 Å². The van der Waals surface area contributed by atoms with Crippen LogP contribution in [0.1, 0.15) is 22.3 Å². The van der Waals surface area contributed by atoms with Crippen LogP contribution in [0.2, 0.25) is 0 Å². The van der Waals surface area contributed by atoms with E-state index in [2.05, 4.69) is 5.32 Å². The highest BCUT2D eigenvalue weighted by Crippen LogP contribution is 2.27. The van der Waals surface area contributed by atoms with Gasteiger partial charge in [0.2, 0.25) is 11.8 Å². The van der Waals surface area contributed by atoms with Crippen molar-refractivity contribution in [2.24, 2.45) is 0 Å². The molecule has 0 unspecified atom stereocenters. The van der Waals surface area contributed by atoms with Crippen molar-refractivity contribution in [2.75, 3.05) is 24.2 Å². The molecule has 1 N–H and O–H groups in total. The van der Waals surface area contributed by atoms with E-state index >= 15 is 0 Å². The van der Waals surface area contributed by atoms with Gasteiger partial charge in [0.05, 0.1) is 10.6 Å². The Balaban J connectivity index is 1.77. The molecule has 0 aliphatic heterocycles. The first-order chi connectivity index (χ1) is 20.6. The molecule has 0 radical (unpaired) electrons.